The summed E-state index contributed by atoms with van der Waals surface area (Å²) in [5.41, 5.74) is 0. The Balaban J connectivity index is 2.74. The van der Waals surface area contributed by atoms with Gasteiger partial charge in [-0.15, -0.1) is 0 Å². The molecule has 0 aliphatic carbocycles. The summed E-state index contributed by atoms with van der Waals surface area (Å²) in [7, 11) is 1.67. The molecule has 0 fully saturated rings. The van der Waals surface area contributed by atoms with Crippen LogP contribution in [0.25, 0.3) is 0 Å². The first-order chi connectivity index (χ1) is 9.52. The minimum absolute atomic E-state index is 0.0224. The van der Waals surface area contributed by atoms with E-state index in [4.69, 9.17) is 4.43 Å². The van der Waals surface area contributed by atoms with Gasteiger partial charge < -0.3 is 0 Å². The SMILES string of the molecule is CC(C)(C)[Si](OC#P)(c1ccccc1)c1ccccc1. The molecule has 0 saturated carbocycles. The van der Waals surface area contributed by atoms with E-state index in [2.05, 4.69) is 83.8 Å². The molecule has 0 aliphatic rings. The van der Waals surface area contributed by atoms with Crippen molar-refractivity contribution in [3.63, 3.8) is 0 Å². The second-order valence-electron chi connectivity index (χ2n) is 5.86. The molecule has 2 aromatic carbocycles. The molecular weight excluding hydrogens is 279 g/mol. The van der Waals surface area contributed by atoms with E-state index in [0.29, 0.717) is 0 Å². The predicted octanol–water partition coefficient (Wildman–Crippen LogP) is 3.89. The van der Waals surface area contributed by atoms with E-state index in [9.17, 15) is 0 Å². The van der Waals surface area contributed by atoms with Crippen LogP contribution in [0.3, 0.4) is 0 Å². The van der Waals surface area contributed by atoms with Gasteiger partial charge in [0.05, 0.1) is 0 Å². The van der Waals surface area contributed by atoms with Gasteiger partial charge in [0.15, 0.2) is 0 Å². The van der Waals surface area contributed by atoms with Crippen molar-refractivity contribution >= 4 is 27.4 Å². The van der Waals surface area contributed by atoms with E-state index in [1.807, 2.05) is 12.1 Å². The number of rotatable bonds is 3. The van der Waals surface area contributed by atoms with Crippen LogP contribution in [0, 0.1) is 5.81 Å². The Bertz CT molecular complexity index is 557. The van der Waals surface area contributed by atoms with Gasteiger partial charge in [0.1, 0.15) is 0 Å². The van der Waals surface area contributed by atoms with Gasteiger partial charge in [-0.25, -0.2) is 0 Å². The monoisotopic (exact) mass is 298 g/mol. The fourth-order valence-electron chi connectivity index (χ4n) is 2.72. The summed E-state index contributed by atoms with van der Waals surface area (Å²) in [5, 5.41) is 2.45. The van der Waals surface area contributed by atoms with Crippen molar-refractivity contribution in [2.45, 2.75) is 25.8 Å². The number of benzene rings is 2. The van der Waals surface area contributed by atoms with Crippen LogP contribution in [0.1, 0.15) is 20.8 Å². The first-order valence-electron chi connectivity index (χ1n) is 6.70. The van der Waals surface area contributed by atoms with Crippen LogP contribution in [0.5, 0.6) is 0 Å². The van der Waals surface area contributed by atoms with Crippen molar-refractivity contribution in [3.8, 4) is 5.81 Å². The van der Waals surface area contributed by atoms with Gasteiger partial charge in [0.2, 0.25) is 0 Å². The quantitative estimate of drug-likeness (QED) is 0.617. The van der Waals surface area contributed by atoms with Crippen LogP contribution in [-0.4, -0.2) is 8.32 Å². The van der Waals surface area contributed by atoms with Crippen molar-refractivity contribution in [2.75, 3.05) is 0 Å². The molecule has 20 heavy (non-hydrogen) atoms. The summed E-state index contributed by atoms with van der Waals surface area (Å²) in [6.07, 6.45) is 0. The zero-order chi connectivity index (χ0) is 14.6. The van der Waals surface area contributed by atoms with Gasteiger partial charge in [-0.2, -0.15) is 0 Å². The van der Waals surface area contributed by atoms with Crippen LogP contribution >= 0.6 is 8.70 Å². The van der Waals surface area contributed by atoms with E-state index in [0.717, 1.165) is 0 Å². The Labute approximate surface area is 124 Å². The first-order valence-corrected chi connectivity index (χ1v) is 9.06. The second kappa shape index (κ2) is 6.07. The fraction of sp³-hybridized carbons (Fsp3) is 0.235. The van der Waals surface area contributed by atoms with Gasteiger partial charge in [0.25, 0.3) is 0 Å². The summed E-state index contributed by atoms with van der Waals surface area (Å²) in [6, 6.07) is 20.9. The predicted molar refractivity (Wildman–Crippen MR) is 89.5 cm³/mol. The molecule has 2 rings (SSSR count). The third-order valence-electron chi connectivity index (χ3n) is 3.62. The first kappa shape index (κ1) is 15.2. The molecule has 0 radical (unpaired) electrons. The molecule has 0 spiro atoms. The summed E-state index contributed by atoms with van der Waals surface area (Å²) in [6.45, 7) is 6.68. The van der Waals surface area contributed by atoms with E-state index < -0.39 is 8.32 Å². The average Bonchev–Trinajstić information content (AvgIpc) is 2.45. The summed E-state index contributed by atoms with van der Waals surface area (Å²) < 4.78 is 6.12. The second-order valence-corrected chi connectivity index (χ2v) is 10.3. The van der Waals surface area contributed by atoms with E-state index in [1.165, 1.54) is 10.4 Å². The Hall–Kier alpha value is -1.17. The maximum atomic E-state index is 6.12. The zero-order valence-electron chi connectivity index (χ0n) is 12.1. The molecule has 102 valence electrons. The van der Waals surface area contributed by atoms with Crippen molar-refractivity contribution in [2.24, 2.45) is 0 Å². The van der Waals surface area contributed by atoms with Crippen molar-refractivity contribution in [1.29, 1.82) is 0 Å². The van der Waals surface area contributed by atoms with Crippen LogP contribution in [0.2, 0.25) is 5.04 Å². The molecule has 0 unspecified atom stereocenters. The minimum atomic E-state index is -2.44. The fourth-order valence-corrected chi connectivity index (χ4v) is 7.20. The van der Waals surface area contributed by atoms with Crippen molar-refractivity contribution in [3.05, 3.63) is 60.7 Å². The van der Waals surface area contributed by atoms with Crippen molar-refractivity contribution in [1.82, 2.24) is 0 Å². The molecule has 0 amide bonds. The van der Waals surface area contributed by atoms with Crippen LogP contribution < -0.4 is 10.4 Å². The summed E-state index contributed by atoms with van der Waals surface area (Å²) in [5.74, 6) is 2.67. The maximum absolute atomic E-state index is 6.12. The normalized spacial score (nSPS) is 11.9. The van der Waals surface area contributed by atoms with E-state index >= 15 is 0 Å². The van der Waals surface area contributed by atoms with Crippen molar-refractivity contribution < 1.29 is 4.43 Å². The standard InChI is InChI=1S/C17H19OPSi/c1-17(2,3)20(18-14-19,15-10-6-4-7-11-15)16-12-8-5-9-13-16/h4-13H,1-3H3. The number of hydrogen-bond acceptors (Lipinski definition) is 1. The van der Waals surface area contributed by atoms with Crippen LogP contribution in [0.15, 0.2) is 60.7 Å². The van der Waals surface area contributed by atoms with Gasteiger partial charge in [-0.3, -0.25) is 0 Å². The molecule has 0 bridgehead atoms. The average molecular weight is 298 g/mol. The van der Waals surface area contributed by atoms with Gasteiger partial charge in [-0.1, -0.05) is 0 Å². The third kappa shape index (κ3) is 2.66. The van der Waals surface area contributed by atoms with E-state index in [1.54, 1.807) is 0 Å². The molecule has 0 N–H and O–H groups in total. The Morgan fingerprint density at radius 1 is 0.850 bits per heavy atom. The zero-order valence-corrected chi connectivity index (χ0v) is 14.0. The Kier molecular flexibility index (Phi) is 4.62. The topological polar surface area (TPSA) is 9.23 Å². The molecule has 0 heterocycles. The van der Waals surface area contributed by atoms with Gasteiger partial charge >= 0.3 is 124 Å². The van der Waals surface area contributed by atoms with Crippen LogP contribution in [0.4, 0.5) is 0 Å². The molecule has 0 aliphatic heterocycles. The molecule has 0 atom stereocenters. The number of hydrogen-bond donors (Lipinski definition) is 0. The van der Waals surface area contributed by atoms with Gasteiger partial charge in [-0.05, 0) is 0 Å². The molecule has 0 aromatic heterocycles. The molecule has 1 nitrogen and oxygen atoms in total. The van der Waals surface area contributed by atoms with Crippen LogP contribution in [-0.2, 0) is 4.43 Å². The summed E-state index contributed by atoms with van der Waals surface area (Å²) >= 11 is 0. The van der Waals surface area contributed by atoms with Gasteiger partial charge in [0, 0.05) is 0 Å². The molecule has 3 heteroatoms. The Morgan fingerprint density at radius 2 is 1.25 bits per heavy atom. The molecular formula is C17H19OPSi. The summed E-state index contributed by atoms with van der Waals surface area (Å²) in [4.78, 5) is 0. The Morgan fingerprint density at radius 3 is 1.55 bits per heavy atom. The van der Waals surface area contributed by atoms with E-state index in [-0.39, 0.29) is 5.04 Å². The third-order valence-corrected chi connectivity index (χ3v) is 8.69. The molecule has 2 aromatic rings. The molecule has 0 saturated heterocycles.